The van der Waals surface area contributed by atoms with Gasteiger partial charge in [0.25, 0.3) is 0 Å². The number of carbonyl (C=O) groups excluding carboxylic acids is 2. The molecule has 2 amide bonds. The molecule has 3 rings (SSSR count). The van der Waals surface area contributed by atoms with Crippen molar-refractivity contribution >= 4 is 29.0 Å². The van der Waals surface area contributed by atoms with E-state index in [2.05, 4.69) is 10.4 Å². The molecule has 0 aromatic carbocycles. The van der Waals surface area contributed by atoms with E-state index >= 15 is 0 Å². The third-order valence-corrected chi connectivity index (χ3v) is 5.17. The molecule has 0 aliphatic carbocycles. The van der Waals surface area contributed by atoms with Crippen molar-refractivity contribution in [2.45, 2.75) is 25.4 Å². The van der Waals surface area contributed by atoms with Crippen molar-refractivity contribution < 1.29 is 9.59 Å². The van der Waals surface area contributed by atoms with E-state index in [1.54, 1.807) is 47.3 Å². The van der Waals surface area contributed by atoms with Gasteiger partial charge in [0.2, 0.25) is 11.8 Å². The Morgan fingerprint density at radius 1 is 1.40 bits per heavy atom. The maximum absolute atomic E-state index is 12.4. The van der Waals surface area contributed by atoms with Gasteiger partial charge in [-0.25, -0.2) is 4.68 Å². The average molecular weight is 361 g/mol. The van der Waals surface area contributed by atoms with Crippen LogP contribution < -0.4 is 5.32 Å². The number of hydrogen-bond donors (Lipinski definition) is 1. The van der Waals surface area contributed by atoms with E-state index in [9.17, 15) is 9.59 Å². The van der Waals surface area contributed by atoms with Crippen LogP contribution in [0, 0.1) is 0 Å². The fourth-order valence-electron chi connectivity index (χ4n) is 3.07. The molecule has 1 saturated heterocycles. The summed E-state index contributed by atoms with van der Waals surface area (Å²) in [5.41, 5.74) is 0. The van der Waals surface area contributed by atoms with Crippen molar-refractivity contribution in [1.82, 2.24) is 19.6 Å². The summed E-state index contributed by atoms with van der Waals surface area (Å²) in [6.45, 7) is 1.62. The summed E-state index contributed by atoms with van der Waals surface area (Å²) in [6.07, 6.45) is 3.42. The van der Waals surface area contributed by atoms with Crippen molar-refractivity contribution in [2.75, 3.05) is 32.5 Å². The second kappa shape index (κ2) is 7.79. The smallest absolute Gasteiger partial charge is 0.239 e. The minimum Gasteiger partial charge on any atom is -0.347 e. The number of carbonyl (C=O) groups is 2. The first-order valence-electron chi connectivity index (χ1n) is 8.34. The van der Waals surface area contributed by atoms with Crippen molar-refractivity contribution in [3.05, 3.63) is 34.7 Å². The first-order chi connectivity index (χ1) is 12.0. The van der Waals surface area contributed by atoms with E-state index in [1.165, 1.54) is 4.88 Å². The molecule has 3 heterocycles. The number of likely N-dealkylation sites (tertiary alicyclic amines) is 1. The minimum absolute atomic E-state index is 0.0630. The first-order valence-corrected chi connectivity index (χ1v) is 9.22. The quantitative estimate of drug-likeness (QED) is 0.846. The molecule has 1 aliphatic heterocycles. The zero-order valence-corrected chi connectivity index (χ0v) is 15.3. The van der Waals surface area contributed by atoms with Gasteiger partial charge in [0.15, 0.2) is 0 Å². The maximum atomic E-state index is 12.4. The number of likely N-dealkylation sites (N-methyl/N-ethyl adjacent to an activating group) is 1. The highest BCUT2D eigenvalue weighted by Crippen LogP contribution is 2.19. The second-order valence-electron chi connectivity index (χ2n) is 6.36. The number of rotatable bonds is 6. The van der Waals surface area contributed by atoms with Gasteiger partial charge < -0.3 is 10.2 Å². The van der Waals surface area contributed by atoms with E-state index in [4.69, 9.17) is 0 Å². The van der Waals surface area contributed by atoms with E-state index in [0.717, 1.165) is 19.4 Å². The van der Waals surface area contributed by atoms with E-state index in [-0.39, 0.29) is 24.4 Å². The second-order valence-corrected chi connectivity index (χ2v) is 7.40. The van der Waals surface area contributed by atoms with Gasteiger partial charge in [-0.15, -0.1) is 11.3 Å². The van der Waals surface area contributed by atoms with Gasteiger partial charge in [0.05, 0.1) is 25.3 Å². The molecule has 2 aromatic heterocycles. The molecule has 0 spiro atoms. The Morgan fingerprint density at radius 3 is 2.96 bits per heavy atom. The Hall–Kier alpha value is -2.19. The highest BCUT2D eigenvalue weighted by molar-refractivity contribution is 7.09. The molecule has 1 aliphatic rings. The molecule has 1 N–H and O–H groups in total. The Kier molecular flexibility index (Phi) is 5.50. The van der Waals surface area contributed by atoms with Crippen LogP contribution in [-0.4, -0.2) is 64.6 Å². The Balaban J connectivity index is 1.60. The van der Waals surface area contributed by atoms with Crippen LogP contribution in [0.4, 0.5) is 5.82 Å². The highest BCUT2D eigenvalue weighted by Gasteiger charge is 2.32. The fraction of sp³-hybridized carbons (Fsp3) is 0.471. The van der Waals surface area contributed by atoms with Crippen LogP contribution in [0.15, 0.2) is 29.8 Å². The molecule has 1 atom stereocenters. The fourth-order valence-corrected chi connectivity index (χ4v) is 3.76. The van der Waals surface area contributed by atoms with Crippen LogP contribution in [-0.2, 0) is 16.1 Å². The lowest BCUT2D eigenvalue weighted by atomic mass is 10.2. The van der Waals surface area contributed by atoms with Crippen LogP contribution >= 0.6 is 11.3 Å². The number of thiophene rings is 1. The van der Waals surface area contributed by atoms with Gasteiger partial charge in [0.1, 0.15) is 5.82 Å². The molecule has 134 valence electrons. The Morgan fingerprint density at radius 2 is 2.24 bits per heavy atom. The van der Waals surface area contributed by atoms with Gasteiger partial charge in [-0.1, -0.05) is 6.07 Å². The van der Waals surface area contributed by atoms with Crippen LogP contribution in [0.25, 0.3) is 0 Å². The number of hydrogen-bond acceptors (Lipinski definition) is 5. The Labute approximate surface area is 151 Å². The summed E-state index contributed by atoms with van der Waals surface area (Å²) in [4.78, 5) is 29.4. The standard InChI is InChI=1S/C17H23N5O2S/c1-20(2)17(24)14-6-3-9-21(14)12-16(23)19-15-7-8-18-22(15)11-13-5-4-10-25-13/h4-5,7-8,10,14H,3,6,9,11-12H2,1-2H3,(H,19,23). The molecule has 0 bridgehead atoms. The zero-order valence-electron chi connectivity index (χ0n) is 14.5. The lowest BCUT2D eigenvalue weighted by Gasteiger charge is -2.25. The van der Waals surface area contributed by atoms with Crippen molar-refractivity contribution in [3.63, 3.8) is 0 Å². The summed E-state index contributed by atoms with van der Waals surface area (Å²) in [5, 5.41) is 9.21. The molecule has 0 radical (unpaired) electrons. The molecule has 7 nitrogen and oxygen atoms in total. The van der Waals surface area contributed by atoms with Gasteiger partial charge >= 0.3 is 0 Å². The molecule has 1 unspecified atom stereocenters. The summed E-state index contributed by atoms with van der Waals surface area (Å²) in [5.74, 6) is 0.618. The van der Waals surface area contributed by atoms with Crippen molar-refractivity contribution in [2.24, 2.45) is 0 Å². The SMILES string of the molecule is CN(C)C(=O)C1CCCN1CC(=O)Nc1ccnn1Cc1cccs1. The summed E-state index contributed by atoms with van der Waals surface area (Å²) in [6, 6.07) is 5.63. The largest absolute Gasteiger partial charge is 0.347 e. The predicted octanol–water partition coefficient (Wildman–Crippen LogP) is 1.48. The summed E-state index contributed by atoms with van der Waals surface area (Å²) in [7, 11) is 3.50. The van der Waals surface area contributed by atoms with E-state index in [0.29, 0.717) is 12.4 Å². The summed E-state index contributed by atoms with van der Waals surface area (Å²) < 4.78 is 1.77. The molecule has 2 aromatic rings. The Bertz CT molecular complexity index is 725. The van der Waals surface area contributed by atoms with Crippen molar-refractivity contribution in [1.29, 1.82) is 0 Å². The number of amides is 2. The average Bonchev–Trinajstić information content (AvgIpc) is 3.30. The number of nitrogens with zero attached hydrogens (tertiary/aromatic N) is 4. The van der Waals surface area contributed by atoms with Gasteiger partial charge in [0, 0.05) is 25.0 Å². The highest BCUT2D eigenvalue weighted by atomic mass is 32.1. The number of nitrogens with one attached hydrogen (secondary N) is 1. The molecule has 1 fully saturated rings. The maximum Gasteiger partial charge on any atom is 0.239 e. The van der Waals surface area contributed by atoms with Crippen LogP contribution in [0.2, 0.25) is 0 Å². The lowest BCUT2D eigenvalue weighted by molar-refractivity contribution is -0.133. The van der Waals surface area contributed by atoms with E-state index < -0.39 is 0 Å². The third-order valence-electron chi connectivity index (χ3n) is 4.31. The van der Waals surface area contributed by atoms with Crippen molar-refractivity contribution in [3.8, 4) is 0 Å². The van der Waals surface area contributed by atoms with Crippen LogP contribution in [0.3, 0.4) is 0 Å². The van der Waals surface area contributed by atoms with E-state index in [1.807, 2.05) is 22.4 Å². The topological polar surface area (TPSA) is 70.5 Å². The van der Waals surface area contributed by atoms with Gasteiger partial charge in [-0.2, -0.15) is 5.10 Å². The van der Waals surface area contributed by atoms with Crippen LogP contribution in [0.1, 0.15) is 17.7 Å². The number of aromatic nitrogens is 2. The van der Waals surface area contributed by atoms with Gasteiger partial charge in [-0.3, -0.25) is 14.5 Å². The monoisotopic (exact) mass is 361 g/mol. The normalized spacial score (nSPS) is 17.6. The molecule has 8 heteroatoms. The lowest BCUT2D eigenvalue weighted by Crippen LogP contribution is -2.45. The third kappa shape index (κ3) is 4.26. The first kappa shape index (κ1) is 17.6. The zero-order chi connectivity index (χ0) is 17.8. The van der Waals surface area contributed by atoms with Gasteiger partial charge in [-0.05, 0) is 30.8 Å². The van der Waals surface area contributed by atoms with Crippen LogP contribution in [0.5, 0.6) is 0 Å². The summed E-state index contributed by atoms with van der Waals surface area (Å²) >= 11 is 1.66. The predicted molar refractivity (Wildman–Crippen MR) is 97.6 cm³/mol. The molecular weight excluding hydrogens is 338 g/mol. The number of anilines is 1. The minimum atomic E-state index is -0.197. The molecule has 0 saturated carbocycles. The molecule has 25 heavy (non-hydrogen) atoms. The molecular formula is C17H23N5O2S.